The number of hydrogen-bond acceptors (Lipinski definition) is 5. The summed E-state index contributed by atoms with van der Waals surface area (Å²) in [6.07, 6.45) is 0. The second kappa shape index (κ2) is 6.37. The van der Waals surface area contributed by atoms with Crippen molar-refractivity contribution in [2.45, 2.75) is 11.8 Å². The van der Waals surface area contributed by atoms with Gasteiger partial charge in [-0.2, -0.15) is 0 Å². The van der Waals surface area contributed by atoms with Gasteiger partial charge in [-0.05, 0) is 43.3 Å². The van der Waals surface area contributed by atoms with E-state index in [0.717, 1.165) is 0 Å². The highest BCUT2D eigenvalue weighted by atomic mass is 32.2. The van der Waals surface area contributed by atoms with Crippen LogP contribution in [-0.2, 0) is 10.0 Å². The van der Waals surface area contributed by atoms with Crippen molar-refractivity contribution < 1.29 is 22.6 Å². The van der Waals surface area contributed by atoms with E-state index in [9.17, 15) is 8.42 Å². The molecule has 2 aromatic carbocycles. The Morgan fingerprint density at radius 3 is 2.43 bits per heavy atom. The molecule has 0 spiro atoms. The van der Waals surface area contributed by atoms with Gasteiger partial charge in [0.15, 0.2) is 11.5 Å². The molecular weight excluding hydrogens is 318 g/mol. The fourth-order valence-electron chi connectivity index (χ4n) is 2.20. The average molecular weight is 335 g/mol. The molecule has 0 aromatic heterocycles. The molecule has 0 fully saturated rings. The maximum Gasteiger partial charge on any atom is 0.261 e. The highest BCUT2D eigenvalue weighted by Gasteiger charge is 2.17. The number of hydrogen-bond donors (Lipinski definition) is 1. The molecule has 122 valence electrons. The number of sulfonamides is 1. The molecule has 0 bridgehead atoms. The number of ether oxygens (including phenoxy) is 3. The Bertz CT molecular complexity index is 787. The van der Waals surface area contributed by atoms with Gasteiger partial charge in [0.05, 0.1) is 17.2 Å². The van der Waals surface area contributed by atoms with Gasteiger partial charge in [0.2, 0.25) is 0 Å². The highest BCUT2D eigenvalue weighted by molar-refractivity contribution is 7.92. The van der Waals surface area contributed by atoms with Gasteiger partial charge >= 0.3 is 0 Å². The van der Waals surface area contributed by atoms with E-state index >= 15 is 0 Å². The van der Waals surface area contributed by atoms with Gasteiger partial charge in [-0.1, -0.05) is 0 Å². The minimum Gasteiger partial charge on any atom is -0.494 e. The van der Waals surface area contributed by atoms with Crippen LogP contribution in [0.3, 0.4) is 0 Å². The molecule has 0 saturated heterocycles. The van der Waals surface area contributed by atoms with Crippen LogP contribution in [0, 0.1) is 0 Å². The minimum absolute atomic E-state index is 0.163. The van der Waals surface area contributed by atoms with Crippen LogP contribution >= 0.6 is 0 Å². The molecule has 1 aliphatic heterocycles. The Morgan fingerprint density at radius 1 is 1.04 bits per heavy atom. The van der Waals surface area contributed by atoms with Crippen LogP contribution in [0.25, 0.3) is 0 Å². The molecule has 1 heterocycles. The second-order valence-electron chi connectivity index (χ2n) is 4.87. The zero-order valence-corrected chi connectivity index (χ0v) is 13.4. The summed E-state index contributed by atoms with van der Waals surface area (Å²) in [6, 6.07) is 11.2. The van der Waals surface area contributed by atoms with Crippen molar-refractivity contribution >= 4 is 15.7 Å². The average Bonchev–Trinajstić information content (AvgIpc) is 2.55. The summed E-state index contributed by atoms with van der Waals surface area (Å²) in [6.45, 7) is 3.34. The summed E-state index contributed by atoms with van der Waals surface area (Å²) in [4.78, 5) is 0.163. The molecular formula is C16H17NO5S. The summed E-state index contributed by atoms with van der Waals surface area (Å²) in [5, 5.41) is 0. The zero-order chi connectivity index (χ0) is 16.3. The molecule has 0 amide bonds. The van der Waals surface area contributed by atoms with Gasteiger partial charge in [0.1, 0.15) is 19.0 Å². The Morgan fingerprint density at radius 2 is 1.74 bits per heavy atom. The van der Waals surface area contributed by atoms with Crippen molar-refractivity contribution in [2.75, 3.05) is 24.5 Å². The standard InChI is InChI=1S/C16H17NO5S/c1-2-20-13-4-6-14(7-5-13)23(18,19)17-12-3-8-15-16(11-12)22-10-9-21-15/h3-8,11,17H,2,9-10H2,1H3. The third-order valence-corrected chi connectivity index (χ3v) is 4.64. The molecule has 2 aromatic rings. The largest absolute Gasteiger partial charge is 0.494 e. The van der Waals surface area contributed by atoms with E-state index in [1.165, 1.54) is 12.1 Å². The van der Waals surface area contributed by atoms with Crippen molar-refractivity contribution in [3.8, 4) is 17.2 Å². The van der Waals surface area contributed by atoms with Gasteiger partial charge in [-0.15, -0.1) is 0 Å². The highest BCUT2D eigenvalue weighted by Crippen LogP contribution is 2.33. The van der Waals surface area contributed by atoms with Gasteiger partial charge in [-0.3, -0.25) is 4.72 Å². The minimum atomic E-state index is -3.67. The molecule has 0 atom stereocenters. The Balaban J connectivity index is 1.80. The van der Waals surface area contributed by atoms with E-state index in [2.05, 4.69) is 4.72 Å². The van der Waals surface area contributed by atoms with Crippen LogP contribution in [0.1, 0.15) is 6.92 Å². The summed E-state index contributed by atoms with van der Waals surface area (Å²) in [7, 11) is -3.67. The Hall–Kier alpha value is -2.41. The molecule has 7 heteroatoms. The van der Waals surface area contributed by atoms with E-state index < -0.39 is 10.0 Å². The lowest BCUT2D eigenvalue weighted by molar-refractivity contribution is 0.171. The molecule has 6 nitrogen and oxygen atoms in total. The number of anilines is 1. The van der Waals surface area contributed by atoms with Crippen LogP contribution in [0.2, 0.25) is 0 Å². The van der Waals surface area contributed by atoms with Gasteiger partial charge in [0.25, 0.3) is 10.0 Å². The van der Waals surface area contributed by atoms with E-state index in [0.29, 0.717) is 42.8 Å². The van der Waals surface area contributed by atoms with Gasteiger partial charge in [-0.25, -0.2) is 8.42 Å². The first-order chi connectivity index (χ1) is 11.1. The van der Waals surface area contributed by atoms with Crippen LogP contribution < -0.4 is 18.9 Å². The third-order valence-electron chi connectivity index (χ3n) is 3.24. The van der Waals surface area contributed by atoms with Crippen LogP contribution in [0.5, 0.6) is 17.2 Å². The van der Waals surface area contributed by atoms with Gasteiger partial charge < -0.3 is 14.2 Å². The molecule has 3 rings (SSSR count). The lowest BCUT2D eigenvalue weighted by atomic mass is 10.3. The number of nitrogens with one attached hydrogen (secondary N) is 1. The fraction of sp³-hybridized carbons (Fsp3) is 0.250. The predicted molar refractivity (Wildman–Crippen MR) is 85.9 cm³/mol. The molecule has 23 heavy (non-hydrogen) atoms. The number of benzene rings is 2. The van der Waals surface area contributed by atoms with E-state index in [1.807, 2.05) is 6.92 Å². The summed E-state index contributed by atoms with van der Waals surface area (Å²) >= 11 is 0. The van der Waals surface area contributed by atoms with Crippen molar-refractivity contribution in [3.05, 3.63) is 42.5 Å². The topological polar surface area (TPSA) is 73.9 Å². The fourth-order valence-corrected chi connectivity index (χ4v) is 3.25. The number of rotatable bonds is 5. The summed E-state index contributed by atoms with van der Waals surface area (Å²) in [5.74, 6) is 1.77. The lowest BCUT2D eigenvalue weighted by Gasteiger charge is -2.19. The second-order valence-corrected chi connectivity index (χ2v) is 6.55. The van der Waals surface area contributed by atoms with Crippen molar-refractivity contribution in [1.82, 2.24) is 0 Å². The molecule has 0 unspecified atom stereocenters. The summed E-state index contributed by atoms with van der Waals surface area (Å²) in [5.41, 5.74) is 0.420. The monoisotopic (exact) mass is 335 g/mol. The number of fused-ring (bicyclic) bond motifs is 1. The molecule has 0 aliphatic carbocycles. The smallest absolute Gasteiger partial charge is 0.261 e. The molecule has 1 N–H and O–H groups in total. The van der Waals surface area contributed by atoms with E-state index in [1.54, 1.807) is 30.3 Å². The van der Waals surface area contributed by atoms with Crippen LogP contribution in [0.4, 0.5) is 5.69 Å². The van der Waals surface area contributed by atoms with Crippen molar-refractivity contribution in [2.24, 2.45) is 0 Å². The first-order valence-electron chi connectivity index (χ1n) is 7.24. The van der Waals surface area contributed by atoms with Crippen molar-refractivity contribution in [1.29, 1.82) is 0 Å². The maximum absolute atomic E-state index is 12.4. The Labute approximate surface area is 135 Å². The maximum atomic E-state index is 12.4. The quantitative estimate of drug-likeness (QED) is 0.909. The predicted octanol–water partition coefficient (Wildman–Crippen LogP) is 2.66. The van der Waals surface area contributed by atoms with Crippen molar-refractivity contribution in [3.63, 3.8) is 0 Å². The third kappa shape index (κ3) is 3.50. The first kappa shape index (κ1) is 15.5. The SMILES string of the molecule is CCOc1ccc(S(=O)(=O)Nc2ccc3c(c2)OCCO3)cc1. The summed E-state index contributed by atoms with van der Waals surface area (Å²) < 4.78 is 43.5. The van der Waals surface area contributed by atoms with Crippen LogP contribution in [-0.4, -0.2) is 28.2 Å². The van der Waals surface area contributed by atoms with Crippen LogP contribution in [0.15, 0.2) is 47.4 Å². The van der Waals surface area contributed by atoms with Gasteiger partial charge in [0, 0.05) is 6.07 Å². The molecule has 0 radical (unpaired) electrons. The normalized spacial score (nSPS) is 13.4. The zero-order valence-electron chi connectivity index (χ0n) is 12.6. The lowest BCUT2D eigenvalue weighted by Crippen LogP contribution is -2.16. The Kier molecular flexibility index (Phi) is 4.29. The molecule has 1 aliphatic rings. The van der Waals surface area contributed by atoms with E-state index in [4.69, 9.17) is 14.2 Å². The van der Waals surface area contributed by atoms with E-state index in [-0.39, 0.29) is 4.90 Å². The molecule has 0 saturated carbocycles. The first-order valence-corrected chi connectivity index (χ1v) is 8.72.